The van der Waals surface area contributed by atoms with Gasteiger partial charge in [0.25, 0.3) is 0 Å². The Morgan fingerprint density at radius 1 is 1.33 bits per heavy atom. The first-order chi connectivity index (χ1) is 5.65. The molecule has 2 nitrogen and oxygen atoms in total. The molecule has 0 aromatic carbocycles. The number of nitrogens with two attached hydrogens (primary N) is 1. The molecule has 1 rings (SSSR count). The summed E-state index contributed by atoms with van der Waals surface area (Å²) in [7, 11) is 0. The largest absolute Gasteiger partial charge is 0.322 e. The molecule has 0 radical (unpaired) electrons. The fraction of sp³-hybridized carbons (Fsp3) is 0.800. The minimum Gasteiger partial charge on any atom is -0.322 e. The highest BCUT2D eigenvalue weighted by Gasteiger charge is 2.27. The van der Waals surface area contributed by atoms with Crippen LogP contribution >= 0.6 is 0 Å². The van der Waals surface area contributed by atoms with Crippen LogP contribution in [0.1, 0.15) is 33.6 Å². The van der Waals surface area contributed by atoms with Crippen LogP contribution in [0.3, 0.4) is 0 Å². The maximum absolute atomic E-state index is 6.06. The van der Waals surface area contributed by atoms with Crippen LogP contribution in [0.5, 0.6) is 0 Å². The van der Waals surface area contributed by atoms with E-state index in [1.807, 2.05) is 20.8 Å². The van der Waals surface area contributed by atoms with E-state index in [0.717, 1.165) is 31.5 Å². The van der Waals surface area contributed by atoms with E-state index in [4.69, 9.17) is 5.73 Å². The third kappa shape index (κ3) is 2.95. The van der Waals surface area contributed by atoms with E-state index in [1.54, 1.807) is 0 Å². The second-order valence-corrected chi connectivity index (χ2v) is 3.19. The number of rotatable bonds is 1. The third-order valence-electron chi connectivity index (χ3n) is 2.35. The molecule has 12 heavy (non-hydrogen) atoms. The van der Waals surface area contributed by atoms with E-state index in [0.29, 0.717) is 0 Å². The number of hydrogen-bond acceptors (Lipinski definition) is 2. The van der Waals surface area contributed by atoms with Gasteiger partial charge in [0.15, 0.2) is 0 Å². The van der Waals surface area contributed by atoms with E-state index in [2.05, 4.69) is 11.9 Å². The second-order valence-electron chi connectivity index (χ2n) is 3.19. The van der Waals surface area contributed by atoms with Crippen molar-refractivity contribution in [2.75, 3.05) is 13.1 Å². The summed E-state index contributed by atoms with van der Waals surface area (Å²) in [6.45, 7) is 12.0. The lowest BCUT2D eigenvalue weighted by atomic mass is 9.84. The maximum atomic E-state index is 6.06. The van der Waals surface area contributed by atoms with Crippen molar-refractivity contribution in [2.24, 2.45) is 5.73 Å². The quantitative estimate of drug-likeness (QED) is 0.587. The van der Waals surface area contributed by atoms with Crippen molar-refractivity contribution in [3.8, 4) is 0 Å². The minimum atomic E-state index is -0.0781. The number of hydrogen-bond donors (Lipinski definition) is 2. The normalized spacial score (nSPS) is 20.7. The molecule has 1 aliphatic rings. The van der Waals surface area contributed by atoms with Crippen molar-refractivity contribution in [3.05, 3.63) is 12.2 Å². The number of nitrogens with one attached hydrogen (secondary N) is 1. The summed E-state index contributed by atoms with van der Waals surface area (Å²) >= 11 is 0. The molecule has 1 aliphatic heterocycles. The van der Waals surface area contributed by atoms with Crippen LogP contribution in [0.2, 0.25) is 0 Å². The Morgan fingerprint density at radius 3 is 2.00 bits per heavy atom. The lowest BCUT2D eigenvalue weighted by molar-refractivity contribution is 0.358. The third-order valence-corrected chi connectivity index (χ3v) is 2.35. The van der Waals surface area contributed by atoms with Crippen LogP contribution < -0.4 is 11.1 Å². The average molecular weight is 170 g/mol. The average Bonchev–Trinajstić information content (AvgIpc) is 2.09. The minimum absolute atomic E-state index is 0.0781. The summed E-state index contributed by atoms with van der Waals surface area (Å²) in [4.78, 5) is 0. The van der Waals surface area contributed by atoms with Gasteiger partial charge in [0.05, 0.1) is 0 Å². The first-order valence-electron chi connectivity index (χ1n) is 4.81. The van der Waals surface area contributed by atoms with E-state index in [9.17, 15) is 0 Å². The first-order valence-corrected chi connectivity index (χ1v) is 4.81. The van der Waals surface area contributed by atoms with Gasteiger partial charge < -0.3 is 11.1 Å². The van der Waals surface area contributed by atoms with Gasteiger partial charge in [-0.15, -0.1) is 0 Å². The summed E-state index contributed by atoms with van der Waals surface area (Å²) in [5.41, 5.74) is 7.10. The molecule has 0 unspecified atom stereocenters. The number of piperidine rings is 1. The fourth-order valence-corrected chi connectivity index (χ4v) is 1.30. The topological polar surface area (TPSA) is 38.0 Å². The van der Waals surface area contributed by atoms with Crippen molar-refractivity contribution in [2.45, 2.75) is 39.2 Å². The van der Waals surface area contributed by atoms with Gasteiger partial charge >= 0.3 is 0 Å². The highest BCUT2D eigenvalue weighted by molar-refractivity contribution is 5.14. The molecule has 0 aliphatic carbocycles. The zero-order valence-electron chi connectivity index (χ0n) is 8.61. The van der Waals surface area contributed by atoms with Crippen molar-refractivity contribution in [3.63, 3.8) is 0 Å². The van der Waals surface area contributed by atoms with Gasteiger partial charge in [-0.2, -0.15) is 0 Å². The molecular weight excluding hydrogens is 148 g/mol. The van der Waals surface area contributed by atoms with E-state index in [1.165, 1.54) is 0 Å². The van der Waals surface area contributed by atoms with Crippen LogP contribution in [0.25, 0.3) is 0 Å². The highest BCUT2D eigenvalue weighted by atomic mass is 14.9. The van der Waals surface area contributed by atoms with Gasteiger partial charge in [-0.1, -0.05) is 26.0 Å². The molecule has 1 fully saturated rings. The van der Waals surface area contributed by atoms with Crippen molar-refractivity contribution < 1.29 is 0 Å². The first kappa shape index (κ1) is 11.7. The smallest absolute Gasteiger partial charge is 0.0387 e. The van der Waals surface area contributed by atoms with Crippen molar-refractivity contribution in [1.29, 1.82) is 0 Å². The Kier molecular flexibility index (Phi) is 5.18. The lowest BCUT2D eigenvalue weighted by Gasteiger charge is -2.34. The molecule has 0 aromatic heterocycles. The summed E-state index contributed by atoms with van der Waals surface area (Å²) < 4.78 is 0. The predicted octanol–water partition coefficient (Wildman–Crippen LogP) is 1.67. The second kappa shape index (κ2) is 5.33. The molecule has 0 amide bonds. The molecule has 1 heterocycles. The Labute approximate surface area is 76.2 Å². The van der Waals surface area contributed by atoms with Gasteiger partial charge in [-0.25, -0.2) is 0 Å². The summed E-state index contributed by atoms with van der Waals surface area (Å²) in [5.74, 6) is 0. The molecule has 0 aromatic rings. The molecule has 0 bridgehead atoms. The van der Waals surface area contributed by atoms with Gasteiger partial charge in [0, 0.05) is 5.54 Å². The summed E-state index contributed by atoms with van der Waals surface area (Å²) in [5, 5.41) is 3.27. The molecule has 3 N–H and O–H groups in total. The Bertz CT molecular complexity index is 135. The van der Waals surface area contributed by atoms with Crippen LogP contribution in [-0.4, -0.2) is 18.6 Å². The SMILES string of the molecule is C=C(C)C1(N)CCNCC1.CC. The standard InChI is InChI=1S/C8H16N2.C2H6/c1-7(2)8(9)3-5-10-6-4-8;1-2/h10H,1,3-6,9H2,2H3;1-2H3. The molecular formula is C10H22N2. The Balaban J connectivity index is 0.000000561. The van der Waals surface area contributed by atoms with Crippen LogP contribution in [0, 0.1) is 0 Å². The monoisotopic (exact) mass is 170 g/mol. The Hall–Kier alpha value is -0.340. The molecule has 72 valence electrons. The van der Waals surface area contributed by atoms with Gasteiger partial charge in [0.2, 0.25) is 0 Å². The van der Waals surface area contributed by atoms with E-state index >= 15 is 0 Å². The van der Waals surface area contributed by atoms with Gasteiger partial charge in [0.1, 0.15) is 0 Å². The zero-order valence-corrected chi connectivity index (χ0v) is 8.61. The Morgan fingerprint density at radius 2 is 1.75 bits per heavy atom. The van der Waals surface area contributed by atoms with Crippen molar-refractivity contribution >= 4 is 0 Å². The van der Waals surface area contributed by atoms with Crippen LogP contribution in [-0.2, 0) is 0 Å². The predicted molar refractivity (Wildman–Crippen MR) is 55.2 cm³/mol. The summed E-state index contributed by atoms with van der Waals surface area (Å²) in [6, 6.07) is 0. The molecule has 0 atom stereocenters. The molecule has 2 heteroatoms. The maximum Gasteiger partial charge on any atom is 0.0387 e. The van der Waals surface area contributed by atoms with Crippen LogP contribution in [0.15, 0.2) is 12.2 Å². The van der Waals surface area contributed by atoms with E-state index < -0.39 is 0 Å². The molecule has 0 saturated carbocycles. The van der Waals surface area contributed by atoms with Gasteiger partial charge in [-0.3, -0.25) is 0 Å². The fourth-order valence-electron chi connectivity index (χ4n) is 1.30. The lowest BCUT2D eigenvalue weighted by Crippen LogP contribution is -2.49. The summed E-state index contributed by atoms with van der Waals surface area (Å²) in [6.07, 6.45) is 2.06. The van der Waals surface area contributed by atoms with Crippen molar-refractivity contribution in [1.82, 2.24) is 5.32 Å². The highest BCUT2D eigenvalue weighted by Crippen LogP contribution is 2.21. The molecule has 1 saturated heterocycles. The van der Waals surface area contributed by atoms with E-state index in [-0.39, 0.29) is 5.54 Å². The molecule has 0 spiro atoms. The van der Waals surface area contributed by atoms with Gasteiger partial charge in [-0.05, 0) is 32.9 Å². The van der Waals surface area contributed by atoms with Crippen LogP contribution in [0.4, 0.5) is 0 Å². The zero-order chi connectivity index (χ0) is 9.61.